The molecule has 0 aliphatic heterocycles. The maximum absolute atomic E-state index is 12.5. The highest BCUT2D eigenvalue weighted by atomic mass is 35.5. The Morgan fingerprint density at radius 2 is 2.04 bits per heavy atom. The van der Waals surface area contributed by atoms with E-state index in [1.165, 1.54) is 12.3 Å². The van der Waals surface area contributed by atoms with Gasteiger partial charge >= 0.3 is 0 Å². The minimum absolute atomic E-state index is 0.0493. The number of halogens is 1. The van der Waals surface area contributed by atoms with E-state index in [1.54, 1.807) is 54.2 Å². The highest BCUT2D eigenvalue weighted by Gasteiger charge is 2.18. The highest BCUT2D eigenvalue weighted by Crippen LogP contribution is 2.29. The van der Waals surface area contributed by atoms with Crippen LogP contribution in [-0.4, -0.2) is 20.3 Å². The molecule has 0 aliphatic carbocycles. The van der Waals surface area contributed by atoms with Crippen LogP contribution in [0.3, 0.4) is 0 Å². The molecule has 1 heterocycles. The molecule has 1 N–H and O–H groups in total. The lowest BCUT2D eigenvalue weighted by Crippen LogP contribution is -2.09. The summed E-state index contributed by atoms with van der Waals surface area (Å²) in [6.07, 6.45) is 3.21. The molecular weight excluding hydrogens is 344 g/mol. The number of anilines is 2. The van der Waals surface area contributed by atoms with Gasteiger partial charge in [0.05, 0.1) is 9.95 Å². The van der Waals surface area contributed by atoms with Gasteiger partial charge in [-0.05, 0) is 24.3 Å². The topological polar surface area (TPSA) is 90.1 Å². The second-order valence-corrected chi connectivity index (χ2v) is 5.69. The van der Waals surface area contributed by atoms with Gasteiger partial charge in [-0.15, -0.1) is 0 Å². The zero-order valence-corrected chi connectivity index (χ0v) is 13.9. The Balaban J connectivity index is 1.90. The van der Waals surface area contributed by atoms with Crippen LogP contribution in [-0.2, 0) is 7.05 Å². The molecule has 0 bridgehead atoms. The first-order valence-corrected chi connectivity index (χ1v) is 7.67. The van der Waals surface area contributed by atoms with Gasteiger partial charge in [-0.1, -0.05) is 23.7 Å². The zero-order valence-electron chi connectivity index (χ0n) is 13.1. The van der Waals surface area contributed by atoms with Crippen LogP contribution in [0.5, 0.6) is 0 Å². The van der Waals surface area contributed by atoms with Gasteiger partial charge in [0.15, 0.2) is 5.82 Å². The van der Waals surface area contributed by atoms with Gasteiger partial charge in [0, 0.05) is 36.8 Å². The van der Waals surface area contributed by atoms with E-state index in [4.69, 9.17) is 11.6 Å². The number of hydrogen-bond acceptors (Lipinski definition) is 5. The summed E-state index contributed by atoms with van der Waals surface area (Å²) in [6.45, 7) is 0. The monoisotopic (exact) mass is 356 g/mol. The molecule has 2 aromatic carbocycles. The SMILES string of the molecule is Cn1ccnc1C(=O)c1ccc(Nc2ccccc2[N+](=O)[O-])cc1Cl. The molecule has 7 nitrogen and oxygen atoms in total. The highest BCUT2D eigenvalue weighted by molar-refractivity contribution is 6.35. The molecule has 3 aromatic rings. The first kappa shape index (κ1) is 16.7. The normalized spacial score (nSPS) is 10.5. The summed E-state index contributed by atoms with van der Waals surface area (Å²) in [4.78, 5) is 27.1. The van der Waals surface area contributed by atoms with E-state index < -0.39 is 4.92 Å². The van der Waals surface area contributed by atoms with Crippen molar-refractivity contribution in [3.05, 3.63) is 81.4 Å². The summed E-state index contributed by atoms with van der Waals surface area (Å²) < 4.78 is 1.61. The summed E-state index contributed by atoms with van der Waals surface area (Å²) in [5.41, 5.74) is 1.14. The van der Waals surface area contributed by atoms with E-state index in [9.17, 15) is 14.9 Å². The molecule has 126 valence electrons. The number of carbonyl (C=O) groups is 1. The van der Waals surface area contributed by atoms with Crippen molar-refractivity contribution in [2.45, 2.75) is 0 Å². The third-order valence-electron chi connectivity index (χ3n) is 3.62. The van der Waals surface area contributed by atoms with E-state index in [0.717, 1.165) is 0 Å². The number of benzene rings is 2. The molecule has 0 radical (unpaired) electrons. The van der Waals surface area contributed by atoms with Crippen LogP contribution >= 0.6 is 11.6 Å². The number of aryl methyl sites for hydroxylation is 1. The average molecular weight is 357 g/mol. The largest absolute Gasteiger partial charge is 0.350 e. The molecule has 0 amide bonds. The number of nitro groups is 1. The standard InChI is InChI=1S/C17H13ClN4O3/c1-21-9-8-19-17(21)16(23)12-7-6-11(10-13(12)18)20-14-4-2-3-5-15(14)22(24)25/h2-10,20H,1H3. The van der Waals surface area contributed by atoms with Crippen LogP contribution in [0.25, 0.3) is 0 Å². The number of nitrogens with one attached hydrogen (secondary N) is 1. The van der Waals surface area contributed by atoms with Gasteiger partial charge < -0.3 is 9.88 Å². The molecule has 0 saturated heterocycles. The van der Waals surface area contributed by atoms with E-state index in [1.807, 2.05) is 0 Å². The van der Waals surface area contributed by atoms with Crippen molar-refractivity contribution in [2.75, 3.05) is 5.32 Å². The molecule has 0 unspecified atom stereocenters. The Labute approximate surface area is 148 Å². The van der Waals surface area contributed by atoms with Crippen LogP contribution in [0.1, 0.15) is 16.2 Å². The summed E-state index contributed by atoms with van der Waals surface area (Å²) in [7, 11) is 1.72. The summed E-state index contributed by atoms with van der Waals surface area (Å²) in [5, 5.41) is 14.3. The van der Waals surface area contributed by atoms with Crippen molar-refractivity contribution in [2.24, 2.45) is 7.05 Å². The number of ketones is 1. The van der Waals surface area contributed by atoms with Gasteiger partial charge in [-0.3, -0.25) is 14.9 Å². The minimum atomic E-state index is -0.469. The fourth-order valence-electron chi connectivity index (χ4n) is 2.38. The summed E-state index contributed by atoms with van der Waals surface area (Å²) in [5.74, 6) is -0.0175. The molecule has 3 rings (SSSR count). The van der Waals surface area contributed by atoms with E-state index >= 15 is 0 Å². The number of para-hydroxylation sites is 2. The van der Waals surface area contributed by atoms with Crippen molar-refractivity contribution >= 4 is 34.4 Å². The first-order valence-electron chi connectivity index (χ1n) is 7.29. The van der Waals surface area contributed by atoms with E-state index in [2.05, 4.69) is 10.3 Å². The molecule has 25 heavy (non-hydrogen) atoms. The maximum atomic E-state index is 12.5. The van der Waals surface area contributed by atoms with Crippen molar-refractivity contribution in [1.82, 2.24) is 9.55 Å². The second-order valence-electron chi connectivity index (χ2n) is 5.28. The molecule has 0 aliphatic rings. The van der Waals surface area contributed by atoms with Crippen LogP contribution in [0.15, 0.2) is 54.9 Å². The number of nitrogens with zero attached hydrogens (tertiary/aromatic N) is 3. The number of carbonyl (C=O) groups excluding carboxylic acids is 1. The third-order valence-corrected chi connectivity index (χ3v) is 3.93. The summed E-state index contributed by atoms with van der Waals surface area (Å²) >= 11 is 6.23. The molecule has 1 aromatic heterocycles. The van der Waals surface area contributed by atoms with Crippen LogP contribution in [0.4, 0.5) is 17.1 Å². The summed E-state index contributed by atoms with van der Waals surface area (Å²) in [6, 6.07) is 11.0. The third kappa shape index (κ3) is 3.36. The van der Waals surface area contributed by atoms with Gasteiger partial charge in [0.25, 0.3) is 5.69 Å². The fourth-order valence-corrected chi connectivity index (χ4v) is 2.64. The van der Waals surface area contributed by atoms with E-state index in [-0.39, 0.29) is 22.3 Å². The first-order chi connectivity index (χ1) is 12.0. The van der Waals surface area contributed by atoms with Crippen molar-refractivity contribution in [3.63, 3.8) is 0 Å². The van der Waals surface area contributed by atoms with Crippen molar-refractivity contribution in [1.29, 1.82) is 0 Å². The molecule has 0 spiro atoms. The molecule has 8 heteroatoms. The van der Waals surface area contributed by atoms with Crippen molar-refractivity contribution < 1.29 is 9.72 Å². The van der Waals surface area contributed by atoms with Crippen LogP contribution in [0.2, 0.25) is 5.02 Å². The Morgan fingerprint density at radius 3 is 2.68 bits per heavy atom. The predicted octanol–water partition coefficient (Wildman–Crippen LogP) is 3.96. The van der Waals surface area contributed by atoms with Gasteiger partial charge in [-0.25, -0.2) is 4.98 Å². The van der Waals surface area contributed by atoms with Gasteiger partial charge in [-0.2, -0.15) is 0 Å². The van der Waals surface area contributed by atoms with Crippen LogP contribution in [0, 0.1) is 10.1 Å². The van der Waals surface area contributed by atoms with Crippen LogP contribution < -0.4 is 5.32 Å². The average Bonchev–Trinajstić information content (AvgIpc) is 3.01. The van der Waals surface area contributed by atoms with Crippen molar-refractivity contribution in [3.8, 4) is 0 Å². The lowest BCUT2D eigenvalue weighted by Gasteiger charge is -2.09. The van der Waals surface area contributed by atoms with E-state index in [0.29, 0.717) is 16.9 Å². The molecule has 0 atom stereocenters. The van der Waals surface area contributed by atoms with Gasteiger partial charge in [0.2, 0.25) is 5.78 Å². The quantitative estimate of drug-likeness (QED) is 0.424. The number of aromatic nitrogens is 2. The molecule has 0 saturated carbocycles. The Kier molecular flexibility index (Phi) is 4.49. The maximum Gasteiger partial charge on any atom is 0.292 e. The Hall–Kier alpha value is -3.19. The number of hydrogen-bond donors (Lipinski definition) is 1. The Bertz CT molecular complexity index is 968. The molecular formula is C17H13ClN4O3. The number of nitro benzene ring substituents is 1. The number of rotatable bonds is 5. The Morgan fingerprint density at radius 1 is 1.28 bits per heavy atom. The van der Waals surface area contributed by atoms with Gasteiger partial charge in [0.1, 0.15) is 5.69 Å². The molecule has 0 fully saturated rings. The second kappa shape index (κ2) is 6.74. The number of imidazole rings is 1. The smallest absolute Gasteiger partial charge is 0.292 e. The minimum Gasteiger partial charge on any atom is -0.350 e. The zero-order chi connectivity index (χ0) is 18.0. The lowest BCUT2D eigenvalue weighted by atomic mass is 10.1. The predicted molar refractivity (Wildman–Crippen MR) is 94.5 cm³/mol. The lowest BCUT2D eigenvalue weighted by molar-refractivity contribution is -0.383. The fraction of sp³-hybridized carbons (Fsp3) is 0.0588.